The van der Waals surface area contributed by atoms with Gasteiger partial charge in [0.25, 0.3) is 0 Å². The Kier molecular flexibility index (Phi) is 5.20. The fourth-order valence-electron chi connectivity index (χ4n) is 2.53. The third-order valence-electron chi connectivity index (χ3n) is 3.65. The summed E-state index contributed by atoms with van der Waals surface area (Å²) in [6.45, 7) is 2.41. The Hall–Kier alpha value is -0.740. The highest BCUT2D eigenvalue weighted by molar-refractivity contribution is 9.10. The van der Waals surface area contributed by atoms with E-state index in [1.165, 1.54) is 16.6 Å². The lowest BCUT2D eigenvalue weighted by molar-refractivity contribution is 0.357. The maximum atomic E-state index is 12.7. The monoisotopic (exact) mass is 377 g/mol. The lowest BCUT2D eigenvalue weighted by Crippen LogP contribution is -2.33. The SMILES string of the molecule is CN1CCC(CN(C)S(=O)(=O)c2cc(Br)cnc2NN)C1. The van der Waals surface area contributed by atoms with Crippen molar-refractivity contribution in [3.8, 4) is 0 Å². The molecule has 7 nitrogen and oxygen atoms in total. The van der Waals surface area contributed by atoms with Crippen molar-refractivity contribution in [2.24, 2.45) is 11.8 Å². The van der Waals surface area contributed by atoms with Crippen LogP contribution in [0.5, 0.6) is 0 Å². The van der Waals surface area contributed by atoms with Gasteiger partial charge in [0.2, 0.25) is 10.0 Å². The molecule has 1 aliphatic rings. The molecule has 2 heterocycles. The van der Waals surface area contributed by atoms with Crippen molar-refractivity contribution in [2.75, 3.05) is 39.2 Å². The van der Waals surface area contributed by atoms with Crippen molar-refractivity contribution in [1.82, 2.24) is 14.2 Å². The summed E-state index contributed by atoms with van der Waals surface area (Å²) in [5.74, 6) is 5.86. The average Bonchev–Trinajstić information content (AvgIpc) is 2.84. The van der Waals surface area contributed by atoms with E-state index in [9.17, 15) is 8.42 Å². The smallest absolute Gasteiger partial charge is 0.246 e. The standard InChI is InChI=1S/C12H20BrN5O2S/c1-17-4-3-9(7-17)8-18(2)21(19,20)11-5-10(13)6-15-12(11)16-14/h5-6,9H,3-4,7-8,14H2,1-2H3,(H,15,16). The molecule has 21 heavy (non-hydrogen) atoms. The number of likely N-dealkylation sites (tertiary alicyclic amines) is 1. The first kappa shape index (κ1) is 16.6. The van der Waals surface area contributed by atoms with Gasteiger partial charge in [-0.2, -0.15) is 0 Å². The van der Waals surface area contributed by atoms with Gasteiger partial charge in [-0.15, -0.1) is 0 Å². The fourth-order valence-corrected chi connectivity index (χ4v) is 4.39. The van der Waals surface area contributed by atoms with E-state index >= 15 is 0 Å². The zero-order chi connectivity index (χ0) is 15.6. The number of halogens is 1. The molecule has 1 aromatic heterocycles. The van der Waals surface area contributed by atoms with Gasteiger partial charge in [-0.1, -0.05) is 0 Å². The Balaban J connectivity index is 2.22. The summed E-state index contributed by atoms with van der Waals surface area (Å²) in [6, 6.07) is 1.51. The van der Waals surface area contributed by atoms with Gasteiger partial charge in [-0.25, -0.2) is 23.5 Å². The molecule has 0 radical (unpaired) electrons. The molecular weight excluding hydrogens is 358 g/mol. The number of nitrogen functional groups attached to an aromatic ring is 1. The van der Waals surface area contributed by atoms with E-state index in [1.807, 2.05) is 7.05 Å². The summed E-state index contributed by atoms with van der Waals surface area (Å²) in [5, 5.41) is 0. The molecule has 1 atom stereocenters. The van der Waals surface area contributed by atoms with E-state index in [2.05, 4.69) is 31.2 Å². The van der Waals surface area contributed by atoms with E-state index in [0.29, 0.717) is 16.9 Å². The summed E-state index contributed by atoms with van der Waals surface area (Å²) >= 11 is 3.24. The highest BCUT2D eigenvalue weighted by Crippen LogP contribution is 2.26. The van der Waals surface area contributed by atoms with Gasteiger partial charge in [0.05, 0.1) is 0 Å². The first-order valence-electron chi connectivity index (χ1n) is 6.61. The summed E-state index contributed by atoms with van der Waals surface area (Å²) < 4.78 is 27.3. The number of pyridine rings is 1. The lowest BCUT2D eigenvalue weighted by Gasteiger charge is -2.22. The number of sulfonamides is 1. The van der Waals surface area contributed by atoms with Crippen molar-refractivity contribution in [2.45, 2.75) is 11.3 Å². The number of rotatable bonds is 5. The molecule has 0 bridgehead atoms. The molecule has 2 rings (SSSR count). The second kappa shape index (κ2) is 6.57. The third-order valence-corrected chi connectivity index (χ3v) is 5.92. The van der Waals surface area contributed by atoms with Crippen LogP contribution in [0.3, 0.4) is 0 Å². The topological polar surface area (TPSA) is 91.6 Å². The number of hydrogen-bond donors (Lipinski definition) is 2. The van der Waals surface area contributed by atoms with Crippen LogP contribution in [0, 0.1) is 5.92 Å². The van der Waals surface area contributed by atoms with Gasteiger partial charge >= 0.3 is 0 Å². The number of nitrogens with one attached hydrogen (secondary N) is 1. The van der Waals surface area contributed by atoms with E-state index in [1.54, 1.807) is 7.05 Å². The highest BCUT2D eigenvalue weighted by Gasteiger charge is 2.29. The van der Waals surface area contributed by atoms with Crippen LogP contribution in [-0.2, 0) is 10.0 Å². The maximum absolute atomic E-state index is 12.7. The number of nitrogens with zero attached hydrogens (tertiary/aromatic N) is 3. The Morgan fingerprint density at radius 2 is 2.33 bits per heavy atom. The molecule has 0 amide bonds. The van der Waals surface area contributed by atoms with Crippen molar-refractivity contribution in [3.63, 3.8) is 0 Å². The zero-order valence-corrected chi connectivity index (χ0v) is 14.5. The van der Waals surface area contributed by atoms with Crippen LogP contribution in [0.4, 0.5) is 5.82 Å². The lowest BCUT2D eigenvalue weighted by atomic mass is 10.1. The van der Waals surface area contributed by atoms with Crippen LogP contribution in [0.25, 0.3) is 0 Å². The van der Waals surface area contributed by atoms with Crippen LogP contribution in [-0.4, -0.2) is 56.3 Å². The number of anilines is 1. The molecular formula is C12H20BrN5O2S. The van der Waals surface area contributed by atoms with Crippen LogP contribution in [0.1, 0.15) is 6.42 Å². The molecule has 0 saturated carbocycles. The van der Waals surface area contributed by atoms with E-state index in [0.717, 1.165) is 19.5 Å². The summed E-state index contributed by atoms with van der Waals surface area (Å²) in [5.41, 5.74) is 2.34. The first-order chi connectivity index (χ1) is 9.84. The zero-order valence-electron chi connectivity index (χ0n) is 12.1. The van der Waals surface area contributed by atoms with Crippen molar-refractivity contribution >= 4 is 31.8 Å². The predicted molar refractivity (Wildman–Crippen MR) is 85.2 cm³/mol. The minimum Gasteiger partial charge on any atom is -0.307 e. The van der Waals surface area contributed by atoms with Gasteiger partial charge in [-0.05, 0) is 47.9 Å². The largest absolute Gasteiger partial charge is 0.307 e. The van der Waals surface area contributed by atoms with E-state index < -0.39 is 10.0 Å². The molecule has 1 fully saturated rings. The number of aromatic nitrogens is 1. The van der Waals surface area contributed by atoms with Crippen LogP contribution < -0.4 is 11.3 Å². The number of nitrogens with two attached hydrogens (primary N) is 1. The van der Waals surface area contributed by atoms with Gasteiger partial charge in [0, 0.05) is 30.8 Å². The molecule has 1 aliphatic heterocycles. The normalized spacial score (nSPS) is 20.1. The molecule has 3 N–H and O–H groups in total. The van der Waals surface area contributed by atoms with Crippen LogP contribution >= 0.6 is 15.9 Å². The average molecular weight is 378 g/mol. The Bertz CT molecular complexity index is 610. The van der Waals surface area contributed by atoms with E-state index in [4.69, 9.17) is 5.84 Å². The van der Waals surface area contributed by atoms with Crippen LogP contribution in [0.2, 0.25) is 0 Å². The number of hydrogen-bond acceptors (Lipinski definition) is 6. The fraction of sp³-hybridized carbons (Fsp3) is 0.583. The maximum Gasteiger partial charge on any atom is 0.246 e. The van der Waals surface area contributed by atoms with Gasteiger partial charge in [0.1, 0.15) is 4.90 Å². The molecule has 0 spiro atoms. The van der Waals surface area contributed by atoms with Gasteiger partial charge in [0.15, 0.2) is 5.82 Å². The Labute approximate surface area is 133 Å². The van der Waals surface area contributed by atoms with Crippen LogP contribution in [0.15, 0.2) is 21.6 Å². The molecule has 9 heteroatoms. The summed E-state index contributed by atoms with van der Waals surface area (Å²) in [6.07, 6.45) is 2.51. The number of hydrazine groups is 1. The minimum absolute atomic E-state index is 0.0771. The van der Waals surface area contributed by atoms with Crippen molar-refractivity contribution in [3.05, 3.63) is 16.7 Å². The first-order valence-corrected chi connectivity index (χ1v) is 8.85. The Morgan fingerprint density at radius 1 is 1.62 bits per heavy atom. The predicted octanol–water partition coefficient (Wildman–Crippen LogP) is 0.702. The van der Waals surface area contributed by atoms with Crippen molar-refractivity contribution in [1.29, 1.82) is 0 Å². The minimum atomic E-state index is -3.63. The molecule has 118 valence electrons. The molecule has 1 unspecified atom stereocenters. The van der Waals surface area contributed by atoms with E-state index in [-0.39, 0.29) is 10.7 Å². The quantitative estimate of drug-likeness (QED) is 0.579. The molecule has 1 aromatic rings. The second-order valence-corrected chi connectivity index (χ2v) is 8.28. The Morgan fingerprint density at radius 3 is 2.90 bits per heavy atom. The molecule has 0 aromatic carbocycles. The highest BCUT2D eigenvalue weighted by atomic mass is 79.9. The summed E-state index contributed by atoms with van der Waals surface area (Å²) in [4.78, 5) is 6.28. The molecule has 1 saturated heterocycles. The second-order valence-electron chi connectivity index (χ2n) is 5.35. The van der Waals surface area contributed by atoms with Gasteiger partial charge < -0.3 is 10.3 Å². The van der Waals surface area contributed by atoms with Gasteiger partial charge in [-0.3, -0.25) is 0 Å². The summed E-state index contributed by atoms with van der Waals surface area (Å²) in [7, 11) is 0.00756. The molecule has 0 aliphatic carbocycles. The van der Waals surface area contributed by atoms with Crippen molar-refractivity contribution < 1.29 is 8.42 Å². The third kappa shape index (κ3) is 3.72.